The van der Waals surface area contributed by atoms with Crippen molar-refractivity contribution >= 4 is 0 Å². The second kappa shape index (κ2) is 6.04. The Bertz CT molecular complexity index is 415. The van der Waals surface area contributed by atoms with Crippen molar-refractivity contribution in [2.75, 3.05) is 33.4 Å². The molecule has 19 heavy (non-hydrogen) atoms. The van der Waals surface area contributed by atoms with Gasteiger partial charge in [-0.05, 0) is 44.0 Å². The van der Waals surface area contributed by atoms with Crippen LogP contribution in [0.25, 0.3) is 0 Å². The molecule has 3 rings (SSSR count). The quantitative estimate of drug-likeness (QED) is 0.899. The van der Waals surface area contributed by atoms with Crippen LogP contribution in [0.2, 0.25) is 0 Å². The predicted octanol–water partition coefficient (Wildman–Crippen LogP) is 1.98. The average molecular weight is 260 g/mol. The molecule has 1 unspecified atom stereocenters. The largest absolute Gasteiger partial charge is 0.381 e. The predicted molar refractivity (Wildman–Crippen MR) is 77.4 cm³/mol. The van der Waals surface area contributed by atoms with Gasteiger partial charge in [0.1, 0.15) is 0 Å². The minimum absolute atomic E-state index is 0.484. The smallest absolute Gasteiger partial charge is 0.0480 e. The number of nitrogens with zero attached hydrogens (tertiary/aromatic N) is 1. The van der Waals surface area contributed by atoms with Crippen LogP contribution in [0.1, 0.15) is 30.0 Å². The highest BCUT2D eigenvalue weighted by Crippen LogP contribution is 2.24. The molecule has 0 amide bonds. The fraction of sp³-hybridized carbons (Fsp3) is 0.625. The summed E-state index contributed by atoms with van der Waals surface area (Å²) < 4.78 is 5.45. The molecule has 3 nitrogen and oxygen atoms in total. The molecule has 104 valence electrons. The molecule has 0 aromatic heterocycles. The van der Waals surface area contributed by atoms with E-state index in [2.05, 4.69) is 41.5 Å². The zero-order valence-corrected chi connectivity index (χ0v) is 11.8. The molecule has 0 bridgehead atoms. The molecule has 1 aromatic rings. The van der Waals surface area contributed by atoms with E-state index in [0.717, 1.165) is 32.7 Å². The first-order valence-electron chi connectivity index (χ1n) is 7.44. The molecule has 2 aliphatic heterocycles. The number of rotatable bonds is 3. The Balaban J connectivity index is 1.66. The van der Waals surface area contributed by atoms with Gasteiger partial charge in [-0.2, -0.15) is 0 Å². The summed E-state index contributed by atoms with van der Waals surface area (Å²) in [4.78, 5) is 2.52. The van der Waals surface area contributed by atoms with E-state index in [-0.39, 0.29) is 0 Å². The number of likely N-dealkylation sites (N-methyl/N-ethyl adjacent to an activating group) is 1. The molecule has 0 radical (unpaired) electrons. The summed E-state index contributed by atoms with van der Waals surface area (Å²) in [6.07, 6.45) is 3.50. The van der Waals surface area contributed by atoms with Gasteiger partial charge in [0, 0.05) is 31.8 Å². The maximum Gasteiger partial charge on any atom is 0.0480 e. The van der Waals surface area contributed by atoms with Crippen molar-refractivity contribution in [2.24, 2.45) is 0 Å². The van der Waals surface area contributed by atoms with Gasteiger partial charge in [0.15, 0.2) is 0 Å². The fourth-order valence-electron chi connectivity index (χ4n) is 3.32. The van der Waals surface area contributed by atoms with Crippen molar-refractivity contribution < 1.29 is 4.74 Å². The highest BCUT2D eigenvalue weighted by molar-refractivity contribution is 5.32. The zero-order chi connectivity index (χ0) is 13.1. The summed E-state index contributed by atoms with van der Waals surface area (Å²) in [6, 6.07) is 10.0. The molecule has 1 atom stereocenters. The standard InChI is InChI=1S/C16H24N2O/c1-18(14-7-10-19-11-8-14)12-16-15-5-3-2-4-13(15)6-9-17-16/h2-5,14,16-17H,6-12H2,1H3. The van der Waals surface area contributed by atoms with Crippen LogP contribution in [0.3, 0.4) is 0 Å². The number of hydrogen-bond donors (Lipinski definition) is 1. The van der Waals surface area contributed by atoms with E-state index >= 15 is 0 Å². The second-order valence-electron chi connectivity index (χ2n) is 5.74. The van der Waals surface area contributed by atoms with Crippen LogP contribution in [-0.4, -0.2) is 44.3 Å². The molecule has 1 aromatic carbocycles. The molecule has 2 heterocycles. The molecule has 3 heteroatoms. The molecule has 1 N–H and O–H groups in total. The van der Waals surface area contributed by atoms with Crippen LogP contribution in [0.15, 0.2) is 24.3 Å². The van der Waals surface area contributed by atoms with E-state index in [1.54, 1.807) is 0 Å². The topological polar surface area (TPSA) is 24.5 Å². The highest BCUT2D eigenvalue weighted by Gasteiger charge is 2.24. The van der Waals surface area contributed by atoms with Gasteiger partial charge < -0.3 is 15.0 Å². The Kier molecular flexibility index (Phi) is 4.16. The number of benzene rings is 1. The first-order valence-corrected chi connectivity index (χ1v) is 7.44. The van der Waals surface area contributed by atoms with Gasteiger partial charge in [-0.3, -0.25) is 0 Å². The number of ether oxygens (including phenoxy) is 1. The maximum atomic E-state index is 5.45. The summed E-state index contributed by atoms with van der Waals surface area (Å²) in [5, 5.41) is 3.67. The Hall–Kier alpha value is -0.900. The minimum atomic E-state index is 0.484. The zero-order valence-electron chi connectivity index (χ0n) is 11.8. The lowest BCUT2D eigenvalue weighted by molar-refractivity contribution is 0.0399. The first kappa shape index (κ1) is 13.1. The van der Waals surface area contributed by atoms with E-state index in [9.17, 15) is 0 Å². The molecular weight excluding hydrogens is 236 g/mol. The summed E-state index contributed by atoms with van der Waals surface area (Å²) in [6.45, 7) is 4.04. The Labute approximate surface area is 115 Å². The van der Waals surface area contributed by atoms with E-state index in [1.807, 2.05) is 0 Å². The van der Waals surface area contributed by atoms with Crippen molar-refractivity contribution in [2.45, 2.75) is 31.3 Å². The fourth-order valence-corrected chi connectivity index (χ4v) is 3.32. The third-order valence-corrected chi connectivity index (χ3v) is 4.50. The summed E-state index contributed by atoms with van der Waals surface area (Å²) in [7, 11) is 2.26. The molecule has 1 saturated heterocycles. The second-order valence-corrected chi connectivity index (χ2v) is 5.74. The molecule has 0 saturated carbocycles. The number of nitrogens with one attached hydrogen (secondary N) is 1. The minimum Gasteiger partial charge on any atom is -0.381 e. The van der Waals surface area contributed by atoms with E-state index in [4.69, 9.17) is 4.74 Å². The summed E-state index contributed by atoms with van der Waals surface area (Å²) >= 11 is 0. The normalized spacial score (nSPS) is 24.4. The van der Waals surface area contributed by atoms with Crippen molar-refractivity contribution in [3.63, 3.8) is 0 Å². The summed E-state index contributed by atoms with van der Waals surface area (Å²) in [5.41, 5.74) is 3.01. The highest BCUT2D eigenvalue weighted by atomic mass is 16.5. The van der Waals surface area contributed by atoms with Crippen molar-refractivity contribution in [1.29, 1.82) is 0 Å². The van der Waals surface area contributed by atoms with E-state index < -0.39 is 0 Å². The van der Waals surface area contributed by atoms with Crippen LogP contribution in [0, 0.1) is 0 Å². The number of hydrogen-bond acceptors (Lipinski definition) is 3. The average Bonchev–Trinajstić information content (AvgIpc) is 2.48. The lowest BCUT2D eigenvalue weighted by atomic mass is 9.93. The Morgan fingerprint density at radius 2 is 2.05 bits per heavy atom. The lowest BCUT2D eigenvalue weighted by Crippen LogP contribution is -2.43. The molecule has 0 aliphatic carbocycles. The Morgan fingerprint density at radius 3 is 2.89 bits per heavy atom. The van der Waals surface area contributed by atoms with Crippen LogP contribution >= 0.6 is 0 Å². The van der Waals surface area contributed by atoms with Gasteiger partial charge >= 0.3 is 0 Å². The van der Waals surface area contributed by atoms with Crippen LogP contribution in [-0.2, 0) is 11.2 Å². The molecule has 1 fully saturated rings. The van der Waals surface area contributed by atoms with Crippen molar-refractivity contribution in [3.05, 3.63) is 35.4 Å². The first-order chi connectivity index (χ1) is 9.34. The lowest BCUT2D eigenvalue weighted by Gasteiger charge is -2.36. The molecule has 0 spiro atoms. The Morgan fingerprint density at radius 1 is 1.26 bits per heavy atom. The van der Waals surface area contributed by atoms with Crippen molar-refractivity contribution in [1.82, 2.24) is 10.2 Å². The monoisotopic (exact) mass is 260 g/mol. The molecule has 2 aliphatic rings. The van der Waals surface area contributed by atoms with Crippen LogP contribution < -0.4 is 5.32 Å². The molecular formula is C16H24N2O. The van der Waals surface area contributed by atoms with Gasteiger partial charge in [0.05, 0.1) is 0 Å². The summed E-state index contributed by atoms with van der Waals surface area (Å²) in [5.74, 6) is 0. The third kappa shape index (κ3) is 2.99. The van der Waals surface area contributed by atoms with Gasteiger partial charge in [0.25, 0.3) is 0 Å². The van der Waals surface area contributed by atoms with Crippen LogP contribution in [0.4, 0.5) is 0 Å². The van der Waals surface area contributed by atoms with E-state index in [0.29, 0.717) is 12.1 Å². The van der Waals surface area contributed by atoms with Gasteiger partial charge in [-0.25, -0.2) is 0 Å². The van der Waals surface area contributed by atoms with E-state index in [1.165, 1.54) is 24.0 Å². The third-order valence-electron chi connectivity index (χ3n) is 4.50. The number of fused-ring (bicyclic) bond motifs is 1. The maximum absolute atomic E-state index is 5.45. The van der Waals surface area contributed by atoms with Crippen molar-refractivity contribution in [3.8, 4) is 0 Å². The SMILES string of the molecule is CN(CC1NCCc2ccccc21)C1CCOCC1. The van der Waals surface area contributed by atoms with Gasteiger partial charge in [0.2, 0.25) is 0 Å². The van der Waals surface area contributed by atoms with Gasteiger partial charge in [-0.1, -0.05) is 24.3 Å². The van der Waals surface area contributed by atoms with Crippen LogP contribution in [0.5, 0.6) is 0 Å². The van der Waals surface area contributed by atoms with Gasteiger partial charge in [-0.15, -0.1) is 0 Å².